The topological polar surface area (TPSA) is 96.0 Å². The van der Waals surface area contributed by atoms with Gasteiger partial charge in [-0.1, -0.05) is 54.6 Å². The van der Waals surface area contributed by atoms with E-state index >= 15 is 0 Å². The summed E-state index contributed by atoms with van der Waals surface area (Å²) in [7, 11) is -3.55. The molecule has 0 radical (unpaired) electrons. The summed E-state index contributed by atoms with van der Waals surface area (Å²) in [4.78, 5) is 0. The van der Waals surface area contributed by atoms with Crippen LogP contribution in [0.1, 0.15) is 11.1 Å². The van der Waals surface area contributed by atoms with Crippen LogP contribution in [-0.2, 0) is 15.8 Å². The van der Waals surface area contributed by atoms with Crippen molar-refractivity contribution in [1.29, 1.82) is 5.41 Å². The van der Waals surface area contributed by atoms with Crippen LogP contribution in [0.5, 0.6) is 0 Å². The molecule has 0 fully saturated rings. The van der Waals surface area contributed by atoms with Gasteiger partial charge in [0, 0.05) is 10.9 Å². The number of amidine groups is 1. The normalized spacial score (nSPS) is 11.3. The number of rotatable bonds is 5. The lowest BCUT2D eigenvalue weighted by molar-refractivity contribution is 0.600. The Morgan fingerprint density at radius 1 is 1.00 bits per heavy atom. The monoisotopic (exact) mass is 339 g/mol. The smallest absolute Gasteiger partial charge is 0.236 e. The van der Waals surface area contributed by atoms with Gasteiger partial charge in [-0.25, -0.2) is 8.42 Å². The minimum Gasteiger partial charge on any atom is -0.384 e. The molecule has 0 aliphatic rings. The van der Waals surface area contributed by atoms with E-state index in [1.165, 1.54) is 0 Å². The fourth-order valence-electron chi connectivity index (χ4n) is 2.53. The molecule has 0 aromatic heterocycles. The predicted molar refractivity (Wildman–Crippen MR) is 97.7 cm³/mol. The number of nitrogen functional groups attached to an aromatic ring is 1. The van der Waals surface area contributed by atoms with Gasteiger partial charge in [0.05, 0.1) is 11.4 Å². The number of sulfonamides is 1. The highest BCUT2D eigenvalue weighted by atomic mass is 32.2. The number of hydrogen-bond acceptors (Lipinski definition) is 3. The zero-order valence-electron chi connectivity index (χ0n) is 12.9. The minimum absolute atomic E-state index is 0.0566. The Labute approximate surface area is 140 Å². The summed E-state index contributed by atoms with van der Waals surface area (Å²) in [6, 6.07) is 19.7. The molecule has 4 N–H and O–H groups in total. The molecule has 0 saturated carbocycles. The van der Waals surface area contributed by atoms with Crippen molar-refractivity contribution in [2.24, 2.45) is 5.73 Å². The predicted octanol–water partition coefficient (Wildman–Crippen LogP) is 3.07. The molecule has 24 heavy (non-hydrogen) atoms. The fraction of sp³-hybridized carbons (Fsp3) is 0.0556. The van der Waals surface area contributed by atoms with Gasteiger partial charge in [-0.05, 0) is 23.1 Å². The standard InChI is InChI=1S/C18H17N3O2S/c19-18(20)15-10-9-14-7-4-8-17(16(14)11-15)21-24(22,23)12-13-5-2-1-3-6-13/h1-11,21H,12H2,(H3,19,20). The van der Waals surface area contributed by atoms with Crippen LogP contribution < -0.4 is 10.5 Å². The van der Waals surface area contributed by atoms with E-state index in [0.717, 1.165) is 10.9 Å². The van der Waals surface area contributed by atoms with Crippen LogP contribution in [0.4, 0.5) is 5.69 Å². The highest BCUT2D eigenvalue weighted by Gasteiger charge is 2.13. The Morgan fingerprint density at radius 2 is 1.75 bits per heavy atom. The summed E-state index contributed by atoms with van der Waals surface area (Å²) in [6.45, 7) is 0. The van der Waals surface area contributed by atoms with E-state index in [2.05, 4.69) is 4.72 Å². The molecule has 0 amide bonds. The quantitative estimate of drug-likeness (QED) is 0.492. The van der Waals surface area contributed by atoms with Crippen molar-refractivity contribution in [3.63, 3.8) is 0 Å². The number of fused-ring (bicyclic) bond motifs is 1. The van der Waals surface area contributed by atoms with Crippen molar-refractivity contribution in [2.45, 2.75) is 5.75 Å². The minimum atomic E-state index is -3.55. The molecule has 0 bridgehead atoms. The molecule has 122 valence electrons. The van der Waals surface area contributed by atoms with Gasteiger partial charge in [-0.2, -0.15) is 0 Å². The first kappa shape index (κ1) is 16.0. The van der Waals surface area contributed by atoms with E-state index in [1.807, 2.05) is 30.3 Å². The van der Waals surface area contributed by atoms with Gasteiger partial charge in [0.2, 0.25) is 10.0 Å². The van der Waals surface area contributed by atoms with Gasteiger partial charge in [0.15, 0.2) is 0 Å². The average Bonchev–Trinajstić information content (AvgIpc) is 2.55. The Bertz CT molecular complexity index is 999. The second-order valence-corrected chi connectivity index (χ2v) is 7.22. The number of hydrogen-bond donors (Lipinski definition) is 3. The first-order chi connectivity index (χ1) is 11.4. The summed E-state index contributed by atoms with van der Waals surface area (Å²) in [5, 5.41) is 9.13. The van der Waals surface area contributed by atoms with E-state index in [4.69, 9.17) is 11.1 Å². The largest absolute Gasteiger partial charge is 0.384 e. The molecule has 0 spiro atoms. The lowest BCUT2D eigenvalue weighted by atomic mass is 10.1. The zero-order valence-corrected chi connectivity index (χ0v) is 13.7. The van der Waals surface area contributed by atoms with Gasteiger partial charge in [0.25, 0.3) is 0 Å². The Hall–Kier alpha value is -2.86. The van der Waals surface area contributed by atoms with E-state index in [0.29, 0.717) is 16.6 Å². The van der Waals surface area contributed by atoms with E-state index in [1.54, 1.807) is 36.4 Å². The Morgan fingerprint density at radius 3 is 2.46 bits per heavy atom. The zero-order chi connectivity index (χ0) is 17.2. The maximum absolute atomic E-state index is 12.5. The van der Waals surface area contributed by atoms with Crippen molar-refractivity contribution in [3.05, 3.63) is 77.9 Å². The summed E-state index contributed by atoms with van der Waals surface area (Å²) in [5.74, 6) is -0.157. The van der Waals surface area contributed by atoms with Crippen LogP contribution in [0.3, 0.4) is 0 Å². The number of benzene rings is 3. The maximum Gasteiger partial charge on any atom is 0.236 e. The SMILES string of the molecule is N=C(N)c1ccc2cccc(NS(=O)(=O)Cc3ccccc3)c2c1. The third-order valence-corrected chi connectivity index (χ3v) is 4.90. The lowest BCUT2D eigenvalue weighted by Gasteiger charge is -2.12. The molecule has 3 aromatic rings. The first-order valence-corrected chi connectivity index (χ1v) is 9.01. The van der Waals surface area contributed by atoms with Crippen molar-refractivity contribution < 1.29 is 8.42 Å². The molecule has 3 rings (SSSR count). The highest BCUT2D eigenvalue weighted by Crippen LogP contribution is 2.26. The fourth-order valence-corrected chi connectivity index (χ4v) is 3.74. The van der Waals surface area contributed by atoms with Gasteiger partial charge in [0.1, 0.15) is 5.84 Å². The Balaban J connectivity index is 1.97. The van der Waals surface area contributed by atoms with Gasteiger partial charge >= 0.3 is 0 Å². The van der Waals surface area contributed by atoms with Gasteiger partial charge < -0.3 is 5.73 Å². The van der Waals surface area contributed by atoms with Gasteiger partial charge in [-0.15, -0.1) is 0 Å². The molecule has 0 saturated heterocycles. The van der Waals surface area contributed by atoms with E-state index in [9.17, 15) is 8.42 Å². The van der Waals surface area contributed by atoms with Crippen molar-refractivity contribution in [2.75, 3.05) is 4.72 Å². The molecule has 5 nitrogen and oxygen atoms in total. The number of nitrogens with two attached hydrogens (primary N) is 1. The van der Waals surface area contributed by atoms with Crippen molar-refractivity contribution >= 4 is 32.3 Å². The second-order valence-electron chi connectivity index (χ2n) is 5.50. The van der Waals surface area contributed by atoms with Crippen molar-refractivity contribution in [1.82, 2.24) is 0 Å². The molecule has 6 heteroatoms. The Kier molecular flexibility index (Phi) is 4.22. The summed E-state index contributed by atoms with van der Waals surface area (Å²) < 4.78 is 27.5. The van der Waals surface area contributed by atoms with Crippen LogP contribution in [-0.4, -0.2) is 14.3 Å². The average molecular weight is 339 g/mol. The molecule has 0 heterocycles. The molecule has 0 unspecified atom stereocenters. The maximum atomic E-state index is 12.5. The molecule has 0 atom stereocenters. The second kappa shape index (κ2) is 6.33. The third-order valence-electron chi connectivity index (χ3n) is 3.66. The summed E-state index contributed by atoms with van der Waals surface area (Å²) >= 11 is 0. The van der Waals surface area contributed by atoms with Crippen LogP contribution in [0.15, 0.2) is 66.7 Å². The van der Waals surface area contributed by atoms with E-state index < -0.39 is 10.0 Å². The van der Waals surface area contributed by atoms with Crippen LogP contribution in [0.2, 0.25) is 0 Å². The molecule has 0 aliphatic carbocycles. The van der Waals surface area contributed by atoms with Gasteiger partial charge in [-0.3, -0.25) is 10.1 Å². The third kappa shape index (κ3) is 3.55. The molecular weight excluding hydrogens is 322 g/mol. The van der Waals surface area contributed by atoms with Crippen molar-refractivity contribution in [3.8, 4) is 0 Å². The van der Waals surface area contributed by atoms with Crippen LogP contribution >= 0.6 is 0 Å². The number of anilines is 1. The van der Waals surface area contributed by atoms with Crippen LogP contribution in [0, 0.1) is 5.41 Å². The lowest BCUT2D eigenvalue weighted by Crippen LogP contribution is -2.15. The summed E-state index contributed by atoms with van der Waals surface area (Å²) in [5.41, 5.74) is 7.28. The molecule has 0 aliphatic heterocycles. The molecule has 3 aromatic carbocycles. The molecular formula is C18H17N3O2S. The van der Waals surface area contributed by atoms with Crippen LogP contribution in [0.25, 0.3) is 10.8 Å². The summed E-state index contributed by atoms with van der Waals surface area (Å²) in [6.07, 6.45) is 0. The van der Waals surface area contributed by atoms with E-state index in [-0.39, 0.29) is 11.6 Å². The number of nitrogens with one attached hydrogen (secondary N) is 2. The first-order valence-electron chi connectivity index (χ1n) is 7.36. The highest BCUT2D eigenvalue weighted by molar-refractivity contribution is 7.91.